The van der Waals surface area contributed by atoms with Crippen molar-refractivity contribution in [3.63, 3.8) is 0 Å². The Morgan fingerprint density at radius 3 is 2.71 bits per heavy atom. The molecule has 7 heteroatoms. The summed E-state index contributed by atoms with van der Waals surface area (Å²) in [5.41, 5.74) is 0.910. The highest BCUT2D eigenvalue weighted by Crippen LogP contribution is 2.09. The van der Waals surface area contributed by atoms with Gasteiger partial charge in [0.05, 0.1) is 6.26 Å². The predicted molar refractivity (Wildman–Crippen MR) is 82.0 cm³/mol. The highest BCUT2D eigenvalue weighted by atomic mass is 32.2. The zero-order valence-corrected chi connectivity index (χ0v) is 13.6. The van der Waals surface area contributed by atoms with Gasteiger partial charge in [-0.2, -0.15) is 4.31 Å². The first kappa shape index (κ1) is 17.6. The number of nitrogens with zero attached hydrogens (tertiary/aromatic N) is 2. The molecule has 1 amide bonds. The maximum Gasteiger partial charge on any atom is 0.221 e. The Kier molecular flexibility index (Phi) is 6.77. The number of aromatic nitrogens is 1. The van der Waals surface area contributed by atoms with Crippen LogP contribution in [0.3, 0.4) is 0 Å². The molecular formula is C14H23N3O3S. The van der Waals surface area contributed by atoms with Gasteiger partial charge in [0.2, 0.25) is 15.9 Å². The standard InChI is InChI=1S/C14H23N3O3S/c1-4-12(2)17(21(3,19)20)9-7-14(18)16-11-13-6-5-8-15-10-13/h5-6,8,10,12H,4,7,9,11H2,1-3H3,(H,16,18). The number of sulfonamides is 1. The lowest BCUT2D eigenvalue weighted by Crippen LogP contribution is -2.40. The fraction of sp³-hybridized carbons (Fsp3) is 0.571. The summed E-state index contributed by atoms with van der Waals surface area (Å²) in [6.45, 7) is 4.36. The van der Waals surface area contributed by atoms with Crippen LogP contribution < -0.4 is 5.32 Å². The van der Waals surface area contributed by atoms with Crippen LogP contribution in [-0.2, 0) is 21.4 Å². The number of hydrogen-bond acceptors (Lipinski definition) is 4. The molecule has 118 valence electrons. The molecule has 1 unspecified atom stereocenters. The lowest BCUT2D eigenvalue weighted by atomic mass is 10.2. The SMILES string of the molecule is CCC(C)N(CCC(=O)NCc1cccnc1)S(C)(=O)=O. The molecule has 0 aromatic carbocycles. The third-order valence-corrected chi connectivity index (χ3v) is 4.67. The van der Waals surface area contributed by atoms with Crippen molar-refractivity contribution in [2.24, 2.45) is 0 Å². The number of carbonyl (C=O) groups excluding carboxylic acids is 1. The molecular weight excluding hydrogens is 290 g/mol. The van der Waals surface area contributed by atoms with Crippen molar-refractivity contribution >= 4 is 15.9 Å². The lowest BCUT2D eigenvalue weighted by molar-refractivity contribution is -0.121. The molecule has 1 heterocycles. The number of hydrogen-bond donors (Lipinski definition) is 1. The topological polar surface area (TPSA) is 79.4 Å². The molecule has 0 aliphatic heterocycles. The van der Waals surface area contributed by atoms with Gasteiger partial charge in [0.25, 0.3) is 0 Å². The second-order valence-electron chi connectivity index (χ2n) is 5.02. The fourth-order valence-electron chi connectivity index (χ4n) is 1.92. The summed E-state index contributed by atoms with van der Waals surface area (Å²) in [5.74, 6) is -0.171. The molecule has 0 fully saturated rings. The minimum absolute atomic E-state index is 0.105. The van der Waals surface area contributed by atoms with E-state index in [4.69, 9.17) is 0 Å². The third-order valence-electron chi connectivity index (χ3n) is 3.28. The van der Waals surface area contributed by atoms with Crippen LogP contribution >= 0.6 is 0 Å². The molecule has 1 aromatic heterocycles. The quantitative estimate of drug-likeness (QED) is 0.781. The minimum atomic E-state index is -3.30. The Hall–Kier alpha value is -1.47. The molecule has 0 radical (unpaired) electrons. The monoisotopic (exact) mass is 313 g/mol. The number of rotatable bonds is 8. The van der Waals surface area contributed by atoms with Crippen LogP contribution in [0.15, 0.2) is 24.5 Å². The van der Waals surface area contributed by atoms with Crippen molar-refractivity contribution in [1.29, 1.82) is 0 Å². The van der Waals surface area contributed by atoms with Crippen molar-refractivity contribution < 1.29 is 13.2 Å². The molecule has 0 aliphatic rings. The zero-order chi connectivity index (χ0) is 15.9. The summed E-state index contributed by atoms with van der Waals surface area (Å²) in [7, 11) is -3.30. The number of amides is 1. The first-order valence-corrected chi connectivity index (χ1v) is 8.81. The first-order chi connectivity index (χ1) is 9.84. The molecule has 0 spiro atoms. The van der Waals surface area contributed by atoms with Gasteiger partial charge in [-0.15, -0.1) is 0 Å². The third kappa shape index (κ3) is 6.22. The highest BCUT2D eigenvalue weighted by Gasteiger charge is 2.22. The van der Waals surface area contributed by atoms with Crippen LogP contribution in [0.1, 0.15) is 32.3 Å². The zero-order valence-electron chi connectivity index (χ0n) is 12.7. The summed E-state index contributed by atoms with van der Waals surface area (Å²) >= 11 is 0. The van der Waals surface area contributed by atoms with E-state index in [2.05, 4.69) is 10.3 Å². The molecule has 1 rings (SSSR count). The van der Waals surface area contributed by atoms with E-state index in [1.807, 2.05) is 19.9 Å². The Labute approximate surface area is 126 Å². The Morgan fingerprint density at radius 1 is 1.48 bits per heavy atom. The lowest BCUT2D eigenvalue weighted by Gasteiger charge is -2.25. The maximum absolute atomic E-state index is 11.8. The Balaban J connectivity index is 2.47. The molecule has 0 bridgehead atoms. The van der Waals surface area contributed by atoms with Gasteiger partial charge in [-0.3, -0.25) is 9.78 Å². The van der Waals surface area contributed by atoms with Crippen molar-refractivity contribution in [2.75, 3.05) is 12.8 Å². The van der Waals surface area contributed by atoms with Crippen LogP contribution in [0.2, 0.25) is 0 Å². The van der Waals surface area contributed by atoms with Gasteiger partial charge >= 0.3 is 0 Å². The van der Waals surface area contributed by atoms with Gasteiger partial charge in [-0.05, 0) is 25.0 Å². The van der Waals surface area contributed by atoms with E-state index in [1.165, 1.54) is 10.6 Å². The summed E-state index contributed by atoms with van der Waals surface area (Å²) in [6.07, 6.45) is 5.39. The van der Waals surface area contributed by atoms with Crippen LogP contribution in [0.25, 0.3) is 0 Å². The molecule has 0 saturated carbocycles. The molecule has 0 saturated heterocycles. The minimum Gasteiger partial charge on any atom is -0.352 e. The van der Waals surface area contributed by atoms with Crippen LogP contribution in [0.4, 0.5) is 0 Å². The average molecular weight is 313 g/mol. The van der Waals surface area contributed by atoms with Crippen molar-refractivity contribution in [3.8, 4) is 0 Å². The molecule has 1 N–H and O–H groups in total. The maximum atomic E-state index is 11.8. The van der Waals surface area contributed by atoms with Gasteiger partial charge in [-0.25, -0.2) is 8.42 Å². The molecule has 1 atom stereocenters. The number of nitrogens with one attached hydrogen (secondary N) is 1. The number of pyridine rings is 1. The molecule has 0 aliphatic carbocycles. The van der Waals surface area contributed by atoms with Crippen LogP contribution in [0.5, 0.6) is 0 Å². The van der Waals surface area contributed by atoms with Gasteiger partial charge in [-0.1, -0.05) is 13.0 Å². The van der Waals surface area contributed by atoms with Crippen molar-refractivity contribution in [2.45, 2.75) is 39.3 Å². The smallest absolute Gasteiger partial charge is 0.221 e. The summed E-state index contributed by atoms with van der Waals surface area (Å²) < 4.78 is 24.8. The van der Waals surface area contributed by atoms with E-state index in [1.54, 1.807) is 18.5 Å². The first-order valence-electron chi connectivity index (χ1n) is 6.97. The fourth-order valence-corrected chi connectivity index (χ4v) is 3.15. The van der Waals surface area contributed by atoms with Crippen molar-refractivity contribution in [1.82, 2.24) is 14.6 Å². The van der Waals surface area contributed by atoms with Crippen molar-refractivity contribution in [3.05, 3.63) is 30.1 Å². The molecule has 1 aromatic rings. The second kappa shape index (κ2) is 8.09. The Morgan fingerprint density at radius 2 is 2.19 bits per heavy atom. The summed E-state index contributed by atoms with van der Waals surface area (Å²) in [5, 5.41) is 2.76. The Bertz CT molecular complexity index is 546. The number of carbonyl (C=O) groups is 1. The van der Waals surface area contributed by atoms with E-state index in [9.17, 15) is 13.2 Å². The predicted octanol–water partition coefficient (Wildman–Crippen LogP) is 1.15. The van der Waals surface area contributed by atoms with Crippen LogP contribution in [-0.4, -0.2) is 42.5 Å². The van der Waals surface area contributed by atoms with E-state index < -0.39 is 10.0 Å². The normalized spacial score (nSPS) is 13.1. The summed E-state index contributed by atoms with van der Waals surface area (Å²) in [6, 6.07) is 3.57. The van der Waals surface area contributed by atoms with Crippen LogP contribution in [0, 0.1) is 0 Å². The second-order valence-corrected chi connectivity index (χ2v) is 6.95. The molecule has 21 heavy (non-hydrogen) atoms. The van der Waals surface area contributed by atoms with Gasteiger partial charge in [0, 0.05) is 37.9 Å². The largest absolute Gasteiger partial charge is 0.352 e. The average Bonchev–Trinajstić information content (AvgIpc) is 2.44. The summed E-state index contributed by atoms with van der Waals surface area (Å²) in [4.78, 5) is 15.8. The van der Waals surface area contributed by atoms with Gasteiger partial charge < -0.3 is 5.32 Å². The van der Waals surface area contributed by atoms with E-state index in [0.29, 0.717) is 13.0 Å². The molecule has 6 nitrogen and oxygen atoms in total. The van der Waals surface area contributed by atoms with Gasteiger partial charge in [0.15, 0.2) is 0 Å². The van der Waals surface area contributed by atoms with E-state index in [-0.39, 0.29) is 24.9 Å². The van der Waals surface area contributed by atoms with E-state index >= 15 is 0 Å². The highest BCUT2D eigenvalue weighted by molar-refractivity contribution is 7.88. The van der Waals surface area contributed by atoms with E-state index in [0.717, 1.165) is 5.56 Å². The van der Waals surface area contributed by atoms with Gasteiger partial charge in [0.1, 0.15) is 0 Å².